The van der Waals surface area contributed by atoms with E-state index in [1.54, 1.807) is 36.4 Å². The van der Waals surface area contributed by atoms with Crippen molar-refractivity contribution >= 4 is 0 Å². The lowest BCUT2D eigenvalue weighted by Gasteiger charge is -1.80. The van der Waals surface area contributed by atoms with Crippen molar-refractivity contribution in [1.82, 2.24) is 0 Å². The molecule has 3 aromatic carbocycles. The largest absolute Gasteiger partial charge is 0.192 e. The Balaban J connectivity index is 0.000000180. The number of rotatable bonds is 0. The molecule has 3 aromatic rings. The molecule has 24 heavy (non-hydrogen) atoms. The van der Waals surface area contributed by atoms with Gasteiger partial charge in [0.05, 0.1) is 34.9 Å². The van der Waals surface area contributed by atoms with E-state index in [1.165, 1.54) is 0 Å². The summed E-state index contributed by atoms with van der Waals surface area (Å²) in [6, 6.07) is 33.5. The third kappa shape index (κ3) is 7.79. The van der Waals surface area contributed by atoms with Crippen LogP contribution in [0.1, 0.15) is 16.7 Å². The monoisotopic (exact) mass is 309 g/mol. The van der Waals surface area contributed by atoms with Crippen molar-refractivity contribution in [3.63, 3.8) is 0 Å². The molecule has 114 valence electrons. The molecule has 0 saturated heterocycles. The van der Waals surface area contributed by atoms with Crippen LogP contribution in [-0.4, -0.2) is 0 Å². The number of hydrogen-bond acceptors (Lipinski definition) is 3. The molecule has 3 rings (SSSR count). The van der Waals surface area contributed by atoms with Gasteiger partial charge in [0.2, 0.25) is 0 Å². The van der Waals surface area contributed by atoms with Crippen LogP contribution in [0.4, 0.5) is 0 Å². The molecule has 0 atom stereocenters. The highest BCUT2D eigenvalue weighted by Gasteiger charge is 1.80. The molecule has 0 radical (unpaired) electrons. The average Bonchev–Trinajstić information content (AvgIpc) is 2.71. The van der Waals surface area contributed by atoms with Crippen LogP contribution in [0.2, 0.25) is 0 Å². The van der Waals surface area contributed by atoms with E-state index >= 15 is 0 Å². The summed E-state index contributed by atoms with van der Waals surface area (Å²) in [5.74, 6) is 0. The predicted octanol–water partition coefficient (Wildman–Crippen LogP) is 4.67. The van der Waals surface area contributed by atoms with E-state index in [1.807, 2.05) is 72.8 Å². The van der Waals surface area contributed by atoms with E-state index in [0.717, 1.165) is 0 Å². The van der Waals surface area contributed by atoms with Crippen molar-refractivity contribution in [3.05, 3.63) is 108 Å². The van der Waals surface area contributed by atoms with Crippen molar-refractivity contribution in [3.8, 4) is 18.2 Å². The molecule has 0 saturated carbocycles. The molecular weight excluding hydrogens is 294 g/mol. The van der Waals surface area contributed by atoms with Crippen molar-refractivity contribution in [2.75, 3.05) is 0 Å². The fourth-order valence-electron chi connectivity index (χ4n) is 1.54. The summed E-state index contributed by atoms with van der Waals surface area (Å²) < 4.78 is 0. The lowest BCUT2D eigenvalue weighted by Crippen LogP contribution is -1.66. The Bertz CT molecular complexity index is 704. The molecule has 0 amide bonds. The molecule has 0 spiro atoms. The summed E-state index contributed by atoms with van der Waals surface area (Å²) in [7, 11) is 0. The molecule has 0 N–H and O–H groups in total. The molecule has 0 heterocycles. The third-order valence-electron chi connectivity index (χ3n) is 2.71. The number of nitriles is 3. The normalized spacial score (nSPS) is 7.88. The highest BCUT2D eigenvalue weighted by Crippen LogP contribution is 1.94. The molecule has 0 aliphatic carbocycles. The second-order valence-corrected chi connectivity index (χ2v) is 4.43. The SMILES string of the molecule is N#Cc1ccccc1.N#Cc1ccccc1.N#Cc1ccccc1. The number of benzene rings is 3. The molecule has 0 bridgehead atoms. The lowest BCUT2D eigenvalue weighted by atomic mass is 10.2. The van der Waals surface area contributed by atoms with Crippen LogP contribution in [0.3, 0.4) is 0 Å². The van der Waals surface area contributed by atoms with Gasteiger partial charge in [0.25, 0.3) is 0 Å². The second kappa shape index (κ2) is 11.8. The summed E-state index contributed by atoms with van der Waals surface area (Å²) >= 11 is 0. The van der Waals surface area contributed by atoms with Crippen molar-refractivity contribution in [2.45, 2.75) is 0 Å². The summed E-state index contributed by atoms with van der Waals surface area (Å²) in [4.78, 5) is 0. The zero-order valence-electron chi connectivity index (χ0n) is 13.0. The van der Waals surface area contributed by atoms with E-state index in [2.05, 4.69) is 0 Å². The van der Waals surface area contributed by atoms with Crippen LogP contribution in [0, 0.1) is 34.0 Å². The van der Waals surface area contributed by atoms with E-state index < -0.39 is 0 Å². The fourth-order valence-corrected chi connectivity index (χ4v) is 1.54. The lowest BCUT2D eigenvalue weighted by molar-refractivity contribution is 1.49. The first-order valence-electron chi connectivity index (χ1n) is 7.15. The van der Waals surface area contributed by atoms with Crippen molar-refractivity contribution < 1.29 is 0 Å². The van der Waals surface area contributed by atoms with Gasteiger partial charge in [-0.2, -0.15) is 15.8 Å². The van der Waals surface area contributed by atoms with Crippen LogP contribution in [0.5, 0.6) is 0 Å². The highest BCUT2D eigenvalue weighted by molar-refractivity contribution is 5.28. The molecular formula is C21H15N3. The zero-order chi connectivity index (χ0) is 17.5. The van der Waals surface area contributed by atoms with Crippen molar-refractivity contribution in [2.24, 2.45) is 0 Å². The van der Waals surface area contributed by atoms with Gasteiger partial charge >= 0.3 is 0 Å². The molecule has 0 aliphatic rings. The summed E-state index contributed by atoms with van der Waals surface area (Å²) in [5, 5.41) is 24.9. The van der Waals surface area contributed by atoms with Crippen LogP contribution in [-0.2, 0) is 0 Å². The second-order valence-electron chi connectivity index (χ2n) is 4.43. The highest BCUT2D eigenvalue weighted by atomic mass is 14.2. The maximum Gasteiger partial charge on any atom is 0.0991 e. The first-order chi connectivity index (χ1) is 11.8. The van der Waals surface area contributed by atoms with Gasteiger partial charge in [-0.1, -0.05) is 54.6 Å². The minimum atomic E-state index is 0.715. The Hall–Kier alpha value is -3.87. The maximum absolute atomic E-state index is 8.29. The minimum absolute atomic E-state index is 0.715. The summed E-state index contributed by atoms with van der Waals surface area (Å²) in [6.07, 6.45) is 0. The first kappa shape index (κ1) is 18.2. The van der Waals surface area contributed by atoms with Gasteiger partial charge in [-0.3, -0.25) is 0 Å². The quantitative estimate of drug-likeness (QED) is 0.605. The first-order valence-corrected chi connectivity index (χ1v) is 7.15. The standard InChI is InChI=1S/3C7H5N/c3*8-6-7-4-2-1-3-5-7/h3*1-5H. The molecule has 3 heteroatoms. The Kier molecular flexibility index (Phi) is 8.90. The van der Waals surface area contributed by atoms with Gasteiger partial charge < -0.3 is 0 Å². The van der Waals surface area contributed by atoms with Gasteiger partial charge in [0.15, 0.2) is 0 Å². The average molecular weight is 309 g/mol. The maximum atomic E-state index is 8.29. The van der Waals surface area contributed by atoms with Crippen LogP contribution >= 0.6 is 0 Å². The zero-order valence-corrected chi connectivity index (χ0v) is 13.0. The minimum Gasteiger partial charge on any atom is -0.192 e. The number of nitrogens with zero attached hydrogens (tertiary/aromatic N) is 3. The van der Waals surface area contributed by atoms with E-state index in [9.17, 15) is 0 Å². The third-order valence-corrected chi connectivity index (χ3v) is 2.71. The Labute approximate surface area is 142 Å². The predicted molar refractivity (Wildman–Crippen MR) is 93.5 cm³/mol. The molecule has 0 unspecified atom stereocenters. The van der Waals surface area contributed by atoms with Gasteiger partial charge in [-0.25, -0.2) is 0 Å². The molecule has 3 nitrogen and oxygen atoms in total. The number of hydrogen-bond donors (Lipinski definition) is 0. The van der Waals surface area contributed by atoms with E-state index in [4.69, 9.17) is 15.8 Å². The van der Waals surface area contributed by atoms with Gasteiger partial charge in [0.1, 0.15) is 0 Å². The smallest absolute Gasteiger partial charge is 0.0991 e. The summed E-state index contributed by atoms with van der Waals surface area (Å²) in [5.41, 5.74) is 2.15. The Morgan fingerprint density at radius 1 is 0.375 bits per heavy atom. The van der Waals surface area contributed by atoms with Crippen molar-refractivity contribution in [1.29, 1.82) is 15.8 Å². The van der Waals surface area contributed by atoms with Crippen LogP contribution in [0.15, 0.2) is 91.0 Å². The summed E-state index contributed by atoms with van der Waals surface area (Å²) in [6.45, 7) is 0. The van der Waals surface area contributed by atoms with E-state index in [0.29, 0.717) is 16.7 Å². The van der Waals surface area contributed by atoms with Gasteiger partial charge in [0, 0.05) is 0 Å². The van der Waals surface area contributed by atoms with Crippen LogP contribution < -0.4 is 0 Å². The van der Waals surface area contributed by atoms with Crippen LogP contribution in [0.25, 0.3) is 0 Å². The Morgan fingerprint density at radius 3 is 0.708 bits per heavy atom. The van der Waals surface area contributed by atoms with Gasteiger partial charge in [-0.05, 0) is 36.4 Å². The molecule has 0 aromatic heterocycles. The topological polar surface area (TPSA) is 71.4 Å². The Morgan fingerprint density at radius 2 is 0.583 bits per heavy atom. The molecule has 0 aliphatic heterocycles. The van der Waals surface area contributed by atoms with Gasteiger partial charge in [-0.15, -0.1) is 0 Å². The molecule has 0 fully saturated rings. The fraction of sp³-hybridized carbons (Fsp3) is 0. The van der Waals surface area contributed by atoms with E-state index in [-0.39, 0.29) is 0 Å².